The smallest absolute Gasteiger partial charge is 0.336 e. The van der Waals surface area contributed by atoms with Crippen molar-refractivity contribution in [1.82, 2.24) is 0 Å². The highest BCUT2D eigenvalue weighted by atomic mass is 16.6. The van der Waals surface area contributed by atoms with Crippen LogP contribution in [0.3, 0.4) is 0 Å². The number of nitro groups is 3. The number of hydrogen-bond acceptors (Lipinski definition) is 10. The summed E-state index contributed by atoms with van der Waals surface area (Å²) in [6.07, 6.45) is 0. The van der Waals surface area contributed by atoms with Crippen molar-refractivity contribution >= 4 is 17.3 Å². The van der Waals surface area contributed by atoms with E-state index in [1.165, 1.54) is 24.3 Å². The summed E-state index contributed by atoms with van der Waals surface area (Å²) in [6, 6.07) is 10.0. The summed E-state index contributed by atoms with van der Waals surface area (Å²) in [5.74, 6) is -4.79. The molecule has 0 heterocycles. The van der Waals surface area contributed by atoms with Crippen molar-refractivity contribution in [3.05, 3.63) is 101 Å². The maximum absolute atomic E-state index is 12.7. The average Bonchev–Trinajstić information content (AvgIpc) is 2.82. The summed E-state index contributed by atoms with van der Waals surface area (Å²) in [5, 5.41) is 44.3. The van der Waals surface area contributed by atoms with E-state index in [4.69, 9.17) is 10.5 Å². The van der Waals surface area contributed by atoms with E-state index < -0.39 is 44.5 Å². The van der Waals surface area contributed by atoms with Crippen LogP contribution in [-0.4, -0.2) is 33.9 Å². The number of nitro benzene ring substituents is 2. The summed E-state index contributed by atoms with van der Waals surface area (Å²) in [7, 11) is 1.06. The lowest BCUT2D eigenvalue weighted by atomic mass is 9.65. The first-order valence-corrected chi connectivity index (χ1v) is 9.72. The number of nitrogens with two attached hydrogens (primary N) is 1. The highest BCUT2D eigenvalue weighted by Crippen LogP contribution is 2.48. The first-order valence-electron chi connectivity index (χ1n) is 9.72. The number of esters is 1. The molecule has 0 fully saturated rings. The molecule has 4 atom stereocenters. The summed E-state index contributed by atoms with van der Waals surface area (Å²) < 4.78 is 4.79. The number of methoxy groups -OCH3 is 1. The summed E-state index contributed by atoms with van der Waals surface area (Å²) in [4.78, 5) is 45.1. The van der Waals surface area contributed by atoms with Gasteiger partial charge in [-0.1, -0.05) is 24.3 Å². The molecule has 1 aliphatic carbocycles. The summed E-state index contributed by atoms with van der Waals surface area (Å²) >= 11 is 0. The van der Waals surface area contributed by atoms with Gasteiger partial charge in [-0.15, -0.1) is 0 Å². The van der Waals surface area contributed by atoms with E-state index >= 15 is 0 Å². The highest BCUT2D eigenvalue weighted by molar-refractivity contribution is 5.92. The third-order valence-electron chi connectivity index (χ3n) is 5.77. The molecule has 0 radical (unpaired) electrons. The highest BCUT2D eigenvalue weighted by Gasteiger charge is 2.54. The number of allylic oxidation sites excluding steroid dienone is 1. The molecule has 0 aromatic heterocycles. The molecule has 0 amide bonds. The van der Waals surface area contributed by atoms with E-state index in [2.05, 4.69) is 0 Å². The van der Waals surface area contributed by atoms with Gasteiger partial charge in [-0.3, -0.25) is 30.3 Å². The second-order valence-corrected chi connectivity index (χ2v) is 7.44. The molecule has 0 spiro atoms. The third kappa shape index (κ3) is 4.11. The normalized spacial score (nSPS) is 21.9. The first kappa shape index (κ1) is 23.8. The lowest BCUT2D eigenvalue weighted by Crippen LogP contribution is -2.46. The minimum atomic E-state index is -1.62. The number of nitriles is 1. The first-order chi connectivity index (χ1) is 16.1. The van der Waals surface area contributed by atoms with E-state index in [1.54, 1.807) is 0 Å². The van der Waals surface area contributed by atoms with Crippen molar-refractivity contribution in [1.29, 1.82) is 5.26 Å². The Morgan fingerprint density at radius 3 is 1.79 bits per heavy atom. The average molecular weight is 467 g/mol. The molecule has 2 aromatic rings. The molecule has 0 saturated carbocycles. The Morgan fingerprint density at radius 2 is 1.41 bits per heavy atom. The monoisotopic (exact) mass is 467 g/mol. The zero-order chi connectivity index (χ0) is 25.2. The number of carbonyl (C=O) groups is 1. The van der Waals surface area contributed by atoms with Gasteiger partial charge in [0.25, 0.3) is 11.4 Å². The molecule has 4 unspecified atom stereocenters. The second kappa shape index (κ2) is 9.33. The molecule has 174 valence electrons. The van der Waals surface area contributed by atoms with Crippen molar-refractivity contribution in [3.63, 3.8) is 0 Å². The molecular weight excluding hydrogens is 450 g/mol. The molecule has 1 aliphatic rings. The molecular formula is C21H17N5O8. The van der Waals surface area contributed by atoms with Crippen LogP contribution < -0.4 is 5.73 Å². The van der Waals surface area contributed by atoms with Gasteiger partial charge in [0.05, 0.1) is 46.4 Å². The number of non-ortho nitro benzene ring substituents is 2. The zero-order valence-electron chi connectivity index (χ0n) is 17.6. The Hall–Kier alpha value is -4.86. The van der Waals surface area contributed by atoms with Gasteiger partial charge < -0.3 is 10.5 Å². The predicted molar refractivity (Wildman–Crippen MR) is 115 cm³/mol. The number of nitrogens with zero attached hydrogens (tertiary/aromatic N) is 4. The van der Waals surface area contributed by atoms with Gasteiger partial charge in [0.15, 0.2) is 0 Å². The van der Waals surface area contributed by atoms with Crippen LogP contribution in [0.15, 0.2) is 59.8 Å². The topological polar surface area (TPSA) is 206 Å². The molecule has 0 bridgehead atoms. The van der Waals surface area contributed by atoms with Gasteiger partial charge in [-0.2, -0.15) is 5.26 Å². The van der Waals surface area contributed by atoms with E-state index in [9.17, 15) is 40.4 Å². The van der Waals surface area contributed by atoms with Gasteiger partial charge in [-0.05, 0) is 11.1 Å². The van der Waals surface area contributed by atoms with E-state index in [0.717, 1.165) is 31.4 Å². The molecule has 2 N–H and O–H groups in total. The quantitative estimate of drug-likeness (QED) is 0.373. The van der Waals surface area contributed by atoms with E-state index in [0.29, 0.717) is 0 Å². The van der Waals surface area contributed by atoms with E-state index in [-0.39, 0.29) is 33.8 Å². The largest absolute Gasteiger partial charge is 0.466 e. The number of benzene rings is 2. The number of hydrogen-bond donors (Lipinski definition) is 1. The Bertz CT molecular complexity index is 1230. The van der Waals surface area contributed by atoms with Crippen molar-refractivity contribution in [2.75, 3.05) is 7.11 Å². The van der Waals surface area contributed by atoms with Gasteiger partial charge in [-0.25, -0.2) is 4.79 Å². The second-order valence-electron chi connectivity index (χ2n) is 7.44. The van der Waals surface area contributed by atoms with Crippen LogP contribution >= 0.6 is 0 Å². The summed E-state index contributed by atoms with van der Waals surface area (Å²) in [6.45, 7) is 0. The van der Waals surface area contributed by atoms with Crippen LogP contribution in [0.5, 0.6) is 0 Å². The van der Waals surface area contributed by atoms with Crippen molar-refractivity contribution < 1.29 is 24.3 Å². The molecule has 34 heavy (non-hydrogen) atoms. The number of ether oxygens (including phenoxy) is 1. The Morgan fingerprint density at radius 1 is 0.941 bits per heavy atom. The third-order valence-corrected chi connectivity index (χ3v) is 5.77. The van der Waals surface area contributed by atoms with Crippen molar-refractivity contribution in [2.24, 2.45) is 11.7 Å². The van der Waals surface area contributed by atoms with Crippen LogP contribution in [0, 0.1) is 47.6 Å². The SMILES string of the molecule is COC(=O)C1=C(N)C(C#N)C(c2ccc([N+](=O)[O-])cc2)C([N+](=O)[O-])C1c1ccc([N+](=O)[O-])cc1. The maximum Gasteiger partial charge on any atom is 0.336 e. The van der Waals surface area contributed by atoms with E-state index in [1.807, 2.05) is 6.07 Å². The molecule has 2 aromatic carbocycles. The van der Waals surface area contributed by atoms with Crippen molar-refractivity contribution in [2.45, 2.75) is 17.9 Å². The van der Waals surface area contributed by atoms with Crippen molar-refractivity contribution in [3.8, 4) is 6.07 Å². The molecule has 13 nitrogen and oxygen atoms in total. The summed E-state index contributed by atoms with van der Waals surface area (Å²) in [5.41, 5.74) is 5.57. The van der Waals surface area contributed by atoms with Crippen LogP contribution in [0.2, 0.25) is 0 Å². The van der Waals surface area contributed by atoms with Gasteiger partial charge >= 0.3 is 5.97 Å². The fraction of sp³-hybridized carbons (Fsp3) is 0.238. The minimum absolute atomic E-state index is 0.180. The molecule has 13 heteroatoms. The number of carbonyl (C=O) groups excluding carboxylic acids is 1. The Labute approximate surface area is 191 Å². The standard InChI is InChI=1S/C21H17N5O8/c1-34-21(27)18-17(12-4-8-14(9-5-12)25(30)31)20(26(32)33)16(15(10-22)19(18)23)11-2-6-13(7-3-11)24(28)29/h2-9,15-17,20H,23H2,1H3. The van der Waals surface area contributed by atoms with Crippen LogP contribution in [0.25, 0.3) is 0 Å². The fourth-order valence-corrected chi connectivity index (χ4v) is 4.25. The number of rotatable bonds is 6. The maximum atomic E-state index is 12.7. The van der Waals surface area contributed by atoms with Gasteiger partial charge in [0.2, 0.25) is 6.04 Å². The minimum Gasteiger partial charge on any atom is -0.466 e. The Balaban J connectivity index is 2.29. The fourth-order valence-electron chi connectivity index (χ4n) is 4.25. The van der Waals surface area contributed by atoms with Gasteiger partial charge in [0.1, 0.15) is 0 Å². The van der Waals surface area contributed by atoms with Gasteiger partial charge in [0, 0.05) is 34.9 Å². The Kier molecular flexibility index (Phi) is 6.53. The zero-order valence-corrected chi connectivity index (χ0v) is 17.6. The lowest BCUT2D eigenvalue weighted by molar-refractivity contribution is -0.531. The van der Waals surface area contributed by atoms with Crippen LogP contribution in [-0.2, 0) is 9.53 Å². The lowest BCUT2D eigenvalue weighted by Gasteiger charge is -2.37. The molecule has 0 aliphatic heterocycles. The predicted octanol–water partition coefficient (Wildman–Crippen LogP) is 2.55. The van der Waals surface area contributed by atoms with Crippen LogP contribution in [0.1, 0.15) is 23.0 Å². The van der Waals surface area contributed by atoms with Crippen LogP contribution in [0.4, 0.5) is 11.4 Å². The molecule has 0 saturated heterocycles. The molecule has 3 rings (SSSR count).